The van der Waals surface area contributed by atoms with Crippen molar-refractivity contribution in [2.24, 2.45) is 0 Å². The molecule has 0 spiro atoms. The Morgan fingerprint density at radius 3 is 2.55 bits per heavy atom. The Hall–Kier alpha value is 0.1000. The molecule has 1 aliphatic rings. The van der Waals surface area contributed by atoms with Gasteiger partial charge in [0.15, 0.2) is 0 Å². The van der Waals surface area contributed by atoms with Gasteiger partial charge in [-0.15, -0.1) is 11.3 Å². The summed E-state index contributed by atoms with van der Waals surface area (Å²) in [5, 5.41) is 5.72. The molecule has 1 saturated carbocycles. The molecule has 0 radical (unpaired) electrons. The molecule has 2 rings (SSSR count). The van der Waals surface area contributed by atoms with Gasteiger partial charge < -0.3 is 10.1 Å². The molecular weight excluding hydrogens is 334 g/mol. The second kappa shape index (κ2) is 7.92. The van der Waals surface area contributed by atoms with Gasteiger partial charge in [-0.25, -0.2) is 0 Å². The van der Waals surface area contributed by atoms with E-state index < -0.39 is 0 Å². The second-order valence-corrected chi connectivity index (χ2v) is 7.60. The van der Waals surface area contributed by atoms with Crippen LogP contribution in [0.15, 0.2) is 15.9 Å². The van der Waals surface area contributed by atoms with Crippen LogP contribution < -0.4 is 5.32 Å². The van der Waals surface area contributed by atoms with Crippen LogP contribution in [-0.2, 0) is 11.2 Å². The van der Waals surface area contributed by atoms with Gasteiger partial charge in [-0.2, -0.15) is 0 Å². The van der Waals surface area contributed by atoms with Crippen molar-refractivity contribution in [3.63, 3.8) is 0 Å². The maximum atomic E-state index is 6.31. The zero-order valence-corrected chi connectivity index (χ0v) is 15.0. The molecule has 1 N–H and O–H groups in total. The molecule has 1 atom stereocenters. The number of rotatable bonds is 6. The van der Waals surface area contributed by atoms with E-state index in [4.69, 9.17) is 4.74 Å². The molecule has 114 valence electrons. The van der Waals surface area contributed by atoms with Crippen molar-refractivity contribution in [2.75, 3.05) is 13.7 Å². The molecule has 0 saturated heterocycles. The van der Waals surface area contributed by atoms with E-state index in [1.165, 1.54) is 47.9 Å². The normalized spacial score (nSPS) is 20.6. The fourth-order valence-electron chi connectivity index (χ4n) is 3.42. The number of likely N-dealkylation sites (N-methyl/N-ethyl adjacent to an activating group) is 1. The summed E-state index contributed by atoms with van der Waals surface area (Å²) in [5.41, 5.74) is 0.0243. The summed E-state index contributed by atoms with van der Waals surface area (Å²) in [5.74, 6) is 0. The van der Waals surface area contributed by atoms with Gasteiger partial charge >= 0.3 is 0 Å². The monoisotopic (exact) mass is 359 g/mol. The molecule has 0 bridgehead atoms. The minimum absolute atomic E-state index is 0.0243. The first-order chi connectivity index (χ1) is 9.70. The summed E-state index contributed by atoms with van der Waals surface area (Å²) < 4.78 is 7.51. The molecule has 1 aliphatic carbocycles. The van der Waals surface area contributed by atoms with E-state index in [0.29, 0.717) is 6.04 Å². The predicted molar refractivity (Wildman–Crippen MR) is 90.6 cm³/mol. The Kier molecular flexibility index (Phi) is 6.53. The van der Waals surface area contributed by atoms with Crippen molar-refractivity contribution in [3.8, 4) is 0 Å². The zero-order chi connectivity index (χ0) is 14.4. The molecule has 20 heavy (non-hydrogen) atoms. The lowest BCUT2D eigenvalue weighted by Gasteiger charge is -2.40. The van der Waals surface area contributed by atoms with Crippen LogP contribution in [0, 0.1) is 0 Å². The Bertz CT molecular complexity index is 399. The molecule has 0 aromatic carbocycles. The highest BCUT2D eigenvalue weighted by atomic mass is 79.9. The van der Waals surface area contributed by atoms with Gasteiger partial charge in [-0.1, -0.05) is 25.7 Å². The summed E-state index contributed by atoms with van der Waals surface area (Å²) in [7, 11) is 2.08. The van der Waals surface area contributed by atoms with Crippen LogP contribution in [0.5, 0.6) is 0 Å². The van der Waals surface area contributed by atoms with E-state index in [1.807, 2.05) is 11.3 Å². The summed E-state index contributed by atoms with van der Waals surface area (Å²) in [6.45, 7) is 2.94. The minimum Gasteiger partial charge on any atom is -0.374 e. The predicted octanol–water partition coefficient (Wildman–Crippen LogP) is 4.77. The number of thiophene rings is 1. The van der Waals surface area contributed by atoms with Crippen LogP contribution in [0.3, 0.4) is 0 Å². The van der Waals surface area contributed by atoms with Gasteiger partial charge in [-0.3, -0.25) is 0 Å². The summed E-state index contributed by atoms with van der Waals surface area (Å²) in [6, 6.07) is 2.65. The molecule has 1 aromatic rings. The number of hydrogen-bond acceptors (Lipinski definition) is 3. The third-order valence-electron chi connectivity index (χ3n) is 4.39. The summed E-state index contributed by atoms with van der Waals surface area (Å²) in [4.78, 5) is 1.43. The van der Waals surface area contributed by atoms with Gasteiger partial charge in [0.1, 0.15) is 0 Å². The standard InChI is InChI=1S/C16H26BrNOS/c1-3-19-16(8-6-4-5-7-9-16)15(18-2)11-14-10-13(17)12-20-14/h10,12,15,18H,3-9,11H2,1-2H3. The molecule has 0 aliphatic heterocycles. The third kappa shape index (κ3) is 4.06. The molecule has 1 fully saturated rings. The van der Waals surface area contributed by atoms with Crippen LogP contribution in [0.25, 0.3) is 0 Å². The van der Waals surface area contributed by atoms with Gasteiger partial charge in [0.05, 0.1) is 5.60 Å². The van der Waals surface area contributed by atoms with Crippen molar-refractivity contribution >= 4 is 27.3 Å². The third-order valence-corrected chi connectivity index (χ3v) is 6.11. The average molecular weight is 360 g/mol. The van der Waals surface area contributed by atoms with Crippen LogP contribution in [0.2, 0.25) is 0 Å². The van der Waals surface area contributed by atoms with Crippen molar-refractivity contribution in [2.45, 2.75) is 63.5 Å². The fraction of sp³-hybridized carbons (Fsp3) is 0.750. The second-order valence-electron chi connectivity index (χ2n) is 5.69. The minimum atomic E-state index is 0.0243. The first-order valence-corrected chi connectivity index (χ1v) is 9.41. The largest absolute Gasteiger partial charge is 0.374 e. The molecule has 0 amide bonds. The van der Waals surface area contributed by atoms with Crippen LogP contribution in [-0.4, -0.2) is 25.3 Å². The lowest BCUT2D eigenvalue weighted by atomic mass is 9.84. The average Bonchev–Trinajstić information content (AvgIpc) is 2.71. The molecule has 2 nitrogen and oxygen atoms in total. The van der Waals surface area contributed by atoms with Crippen LogP contribution in [0.1, 0.15) is 50.3 Å². The first-order valence-electron chi connectivity index (χ1n) is 7.74. The zero-order valence-electron chi connectivity index (χ0n) is 12.6. The summed E-state index contributed by atoms with van der Waals surface area (Å²) >= 11 is 5.39. The Morgan fingerprint density at radius 2 is 2.05 bits per heavy atom. The van der Waals surface area contributed by atoms with Crippen molar-refractivity contribution in [1.29, 1.82) is 0 Å². The van der Waals surface area contributed by atoms with Gasteiger partial charge in [0.2, 0.25) is 0 Å². The van der Waals surface area contributed by atoms with E-state index in [-0.39, 0.29) is 5.60 Å². The lowest BCUT2D eigenvalue weighted by Crippen LogP contribution is -2.52. The fourth-order valence-corrected chi connectivity index (χ4v) is 4.92. The first kappa shape index (κ1) is 16.5. The van der Waals surface area contributed by atoms with Crippen molar-refractivity contribution < 1.29 is 4.74 Å². The smallest absolute Gasteiger partial charge is 0.0838 e. The summed E-state index contributed by atoms with van der Waals surface area (Å²) in [6.07, 6.45) is 8.76. The Labute approximate surface area is 135 Å². The number of ether oxygens (including phenoxy) is 1. The molecule has 1 unspecified atom stereocenters. The molecular formula is C16H26BrNOS. The maximum absolute atomic E-state index is 6.31. The van der Waals surface area contributed by atoms with E-state index in [1.54, 1.807) is 0 Å². The molecule has 4 heteroatoms. The topological polar surface area (TPSA) is 21.3 Å². The van der Waals surface area contributed by atoms with Crippen LogP contribution >= 0.6 is 27.3 Å². The highest BCUT2D eigenvalue weighted by molar-refractivity contribution is 9.10. The van der Waals surface area contributed by atoms with Gasteiger partial charge in [-0.05, 0) is 55.2 Å². The Morgan fingerprint density at radius 1 is 1.35 bits per heavy atom. The van der Waals surface area contributed by atoms with E-state index >= 15 is 0 Å². The number of halogens is 1. The highest BCUT2D eigenvalue weighted by Gasteiger charge is 2.39. The van der Waals surface area contributed by atoms with Crippen molar-refractivity contribution in [1.82, 2.24) is 5.32 Å². The Balaban J connectivity index is 2.15. The number of hydrogen-bond donors (Lipinski definition) is 1. The van der Waals surface area contributed by atoms with E-state index in [9.17, 15) is 0 Å². The van der Waals surface area contributed by atoms with E-state index in [0.717, 1.165) is 13.0 Å². The van der Waals surface area contributed by atoms with Crippen LogP contribution in [0.4, 0.5) is 0 Å². The SMILES string of the molecule is CCOC1(C(Cc2cc(Br)cs2)NC)CCCCCC1. The molecule has 1 heterocycles. The molecule has 1 aromatic heterocycles. The van der Waals surface area contributed by atoms with Gasteiger partial charge in [0, 0.05) is 27.4 Å². The van der Waals surface area contributed by atoms with Crippen molar-refractivity contribution in [3.05, 3.63) is 20.8 Å². The quantitative estimate of drug-likeness (QED) is 0.738. The lowest BCUT2D eigenvalue weighted by molar-refractivity contribution is -0.0751. The maximum Gasteiger partial charge on any atom is 0.0838 e. The number of nitrogens with one attached hydrogen (secondary N) is 1. The van der Waals surface area contributed by atoms with E-state index in [2.05, 4.69) is 46.7 Å². The highest BCUT2D eigenvalue weighted by Crippen LogP contribution is 2.35. The van der Waals surface area contributed by atoms with Gasteiger partial charge in [0.25, 0.3) is 0 Å².